The Morgan fingerprint density at radius 3 is 1.09 bits per heavy atom. The summed E-state index contributed by atoms with van der Waals surface area (Å²) in [5.74, 6) is -0.0770. The van der Waals surface area contributed by atoms with Gasteiger partial charge in [-0.05, 0) is 57.8 Å². The molecule has 3 N–H and O–H groups in total. The summed E-state index contributed by atoms with van der Waals surface area (Å²) in [5, 5.41) is 23.3. The van der Waals surface area contributed by atoms with Crippen LogP contribution in [0.4, 0.5) is 0 Å². The molecule has 0 saturated carbocycles. The third kappa shape index (κ3) is 51.8. The van der Waals surface area contributed by atoms with Crippen molar-refractivity contribution in [3.63, 3.8) is 0 Å². The third-order valence-corrected chi connectivity index (χ3v) is 13.8. The Hall–Kier alpha value is -1.40. The first-order valence-corrected chi connectivity index (χ1v) is 29.4. The van der Waals surface area contributed by atoms with Crippen molar-refractivity contribution in [2.75, 3.05) is 13.2 Å². The Labute approximate surface area is 406 Å². The number of carbonyl (C=O) groups is 2. The molecule has 0 saturated heterocycles. The number of unbranched alkanes of at least 4 members (excludes halogenated alkanes) is 42. The predicted octanol–water partition coefficient (Wildman–Crippen LogP) is 18.1. The molecule has 0 radical (unpaired) electrons. The van der Waals surface area contributed by atoms with Crippen molar-refractivity contribution in [2.24, 2.45) is 0 Å². The number of carbonyl (C=O) groups excluding carboxylic acids is 2. The minimum absolute atomic E-state index is 0.0201. The number of nitrogens with one attached hydrogen (secondary N) is 1. The molecule has 0 aliphatic heterocycles. The monoisotopic (exact) mass is 918 g/mol. The minimum atomic E-state index is -0.680. The van der Waals surface area contributed by atoms with Crippen molar-refractivity contribution in [2.45, 2.75) is 341 Å². The van der Waals surface area contributed by atoms with Crippen LogP contribution in [0.1, 0.15) is 328 Å². The maximum Gasteiger partial charge on any atom is 0.305 e. The summed E-state index contributed by atoms with van der Waals surface area (Å²) in [6.45, 7) is 4.92. The van der Waals surface area contributed by atoms with E-state index < -0.39 is 12.1 Å². The molecular formula is C59H115NO5. The standard InChI is InChI=1S/C59H115NO5/c1-3-5-7-9-11-13-15-17-18-19-20-21-22-23-24-25-26-28-31-35-39-43-47-51-57(62)56(55-61)60-58(63)52-48-44-40-36-32-29-30-34-38-42-46-50-54-65-59(64)53-49-45-41-37-33-27-16-14-12-10-8-6-4-2/h30,34,56-57,61-62H,3-29,31-33,35-55H2,1-2H3,(H,60,63)/b34-30-. The van der Waals surface area contributed by atoms with Crippen LogP contribution in [-0.4, -0.2) is 47.4 Å². The van der Waals surface area contributed by atoms with Crippen molar-refractivity contribution >= 4 is 11.9 Å². The molecule has 0 rings (SSSR count). The van der Waals surface area contributed by atoms with Gasteiger partial charge < -0.3 is 20.3 Å². The Bertz CT molecular complexity index is 970. The third-order valence-electron chi connectivity index (χ3n) is 13.8. The molecule has 2 unspecified atom stereocenters. The van der Waals surface area contributed by atoms with Gasteiger partial charge in [0.15, 0.2) is 0 Å². The second kappa shape index (κ2) is 55.2. The molecule has 0 fully saturated rings. The Morgan fingerprint density at radius 1 is 0.415 bits per heavy atom. The van der Waals surface area contributed by atoms with Crippen molar-refractivity contribution in [3.05, 3.63) is 12.2 Å². The van der Waals surface area contributed by atoms with E-state index in [0.29, 0.717) is 25.9 Å². The minimum Gasteiger partial charge on any atom is -0.466 e. The van der Waals surface area contributed by atoms with Crippen molar-refractivity contribution in [1.82, 2.24) is 5.32 Å². The molecule has 2 atom stereocenters. The zero-order chi connectivity index (χ0) is 47.2. The highest BCUT2D eigenvalue weighted by molar-refractivity contribution is 5.76. The highest BCUT2D eigenvalue weighted by Gasteiger charge is 2.20. The predicted molar refractivity (Wildman–Crippen MR) is 283 cm³/mol. The van der Waals surface area contributed by atoms with Gasteiger partial charge in [-0.3, -0.25) is 9.59 Å². The van der Waals surface area contributed by atoms with Gasteiger partial charge in [0, 0.05) is 12.8 Å². The van der Waals surface area contributed by atoms with E-state index in [0.717, 1.165) is 77.0 Å². The molecular weight excluding hydrogens is 803 g/mol. The van der Waals surface area contributed by atoms with Crippen LogP contribution in [0.3, 0.4) is 0 Å². The summed E-state index contributed by atoms with van der Waals surface area (Å²) in [5.41, 5.74) is 0. The van der Waals surface area contributed by atoms with Crippen LogP contribution >= 0.6 is 0 Å². The second-order valence-corrected chi connectivity index (χ2v) is 20.3. The maximum absolute atomic E-state index is 12.5. The van der Waals surface area contributed by atoms with E-state index in [-0.39, 0.29) is 18.5 Å². The number of esters is 1. The van der Waals surface area contributed by atoms with E-state index in [4.69, 9.17) is 4.74 Å². The van der Waals surface area contributed by atoms with E-state index >= 15 is 0 Å². The highest BCUT2D eigenvalue weighted by Crippen LogP contribution is 2.18. The van der Waals surface area contributed by atoms with Crippen LogP contribution in [0.25, 0.3) is 0 Å². The fourth-order valence-electron chi connectivity index (χ4n) is 9.28. The maximum atomic E-state index is 12.5. The van der Waals surface area contributed by atoms with Crippen molar-refractivity contribution in [1.29, 1.82) is 0 Å². The first kappa shape index (κ1) is 63.6. The van der Waals surface area contributed by atoms with Crippen LogP contribution in [-0.2, 0) is 14.3 Å². The molecule has 0 aromatic heterocycles. The molecule has 0 bridgehead atoms. The number of aliphatic hydroxyl groups is 2. The summed E-state index contributed by atoms with van der Waals surface area (Å²) in [6.07, 6.45) is 64.9. The lowest BCUT2D eigenvalue weighted by molar-refractivity contribution is -0.143. The van der Waals surface area contributed by atoms with Crippen molar-refractivity contribution < 1.29 is 24.5 Å². The van der Waals surface area contributed by atoms with E-state index in [1.54, 1.807) is 0 Å². The molecule has 6 heteroatoms. The van der Waals surface area contributed by atoms with Gasteiger partial charge in [0.2, 0.25) is 5.91 Å². The van der Waals surface area contributed by atoms with E-state index in [1.807, 2.05) is 0 Å². The van der Waals surface area contributed by atoms with E-state index in [2.05, 4.69) is 31.3 Å². The van der Waals surface area contributed by atoms with Gasteiger partial charge in [0.1, 0.15) is 0 Å². The lowest BCUT2D eigenvalue weighted by Gasteiger charge is -2.22. The zero-order valence-corrected chi connectivity index (χ0v) is 44.0. The molecule has 386 valence electrons. The van der Waals surface area contributed by atoms with Gasteiger partial charge in [0.25, 0.3) is 0 Å². The molecule has 0 spiro atoms. The normalized spacial score (nSPS) is 12.6. The Balaban J connectivity index is 3.48. The lowest BCUT2D eigenvalue weighted by atomic mass is 10.0. The van der Waals surface area contributed by atoms with Crippen LogP contribution < -0.4 is 5.32 Å². The largest absolute Gasteiger partial charge is 0.466 e. The molecule has 0 aromatic rings. The van der Waals surface area contributed by atoms with Crippen LogP contribution in [0.15, 0.2) is 12.2 Å². The molecule has 65 heavy (non-hydrogen) atoms. The lowest BCUT2D eigenvalue weighted by Crippen LogP contribution is -2.45. The molecule has 6 nitrogen and oxygen atoms in total. The fraction of sp³-hybridized carbons (Fsp3) is 0.932. The summed E-state index contributed by atoms with van der Waals surface area (Å²) in [4.78, 5) is 24.5. The number of hydrogen-bond acceptors (Lipinski definition) is 5. The van der Waals surface area contributed by atoms with Crippen LogP contribution in [0, 0.1) is 0 Å². The number of aliphatic hydroxyl groups excluding tert-OH is 2. The van der Waals surface area contributed by atoms with E-state index in [1.165, 1.54) is 218 Å². The Morgan fingerprint density at radius 2 is 0.723 bits per heavy atom. The van der Waals surface area contributed by atoms with Gasteiger partial charge in [-0.2, -0.15) is 0 Å². The summed E-state index contributed by atoms with van der Waals surface area (Å²) in [6, 6.07) is -0.560. The van der Waals surface area contributed by atoms with Gasteiger partial charge in [-0.25, -0.2) is 0 Å². The van der Waals surface area contributed by atoms with Crippen molar-refractivity contribution in [3.8, 4) is 0 Å². The fourth-order valence-corrected chi connectivity index (χ4v) is 9.28. The number of hydrogen-bond donors (Lipinski definition) is 3. The summed E-state index contributed by atoms with van der Waals surface area (Å²) >= 11 is 0. The van der Waals surface area contributed by atoms with Crippen LogP contribution in [0.2, 0.25) is 0 Å². The smallest absolute Gasteiger partial charge is 0.305 e. The number of rotatable bonds is 55. The highest BCUT2D eigenvalue weighted by atomic mass is 16.5. The average molecular weight is 919 g/mol. The first-order chi connectivity index (χ1) is 32.0. The first-order valence-electron chi connectivity index (χ1n) is 29.4. The molecule has 0 aromatic carbocycles. The van der Waals surface area contributed by atoms with Gasteiger partial charge in [0.05, 0.1) is 25.4 Å². The second-order valence-electron chi connectivity index (χ2n) is 20.3. The van der Waals surface area contributed by atoms with Gasteiger partial charge >= 0.3 is 5.97 Å². The number of ether oxygens (including phenoxy) is 1. The molecule has 0 aliphatic carbocycles. The average Bonchev–Trinajstić information content (AvgIpc) is 3.31. The van der Waals surface area contributed by atoms with Crippen LogP contribution in [0.5, 0.6) is 0 Å². The Kier molecular flexibility index (Phi) is 54.0. The number of allylic oxidation sites excluding steroid dienone is 2. The van der Waals surface area contributed by atoms with E-state index in [9.17, 15) is 19.8 Å². The molecule has 0 aliphatic rings. The number of amides is 1. The molecule has 0 heterocycles. The quantitative estimate of drug-likeness (QED) is 0.0321. The summed E-state index contributed by atoms with van der Waals surface area (Å²) in [7, 11) is 0. The van der Waals surface area contributed by atoms with Gasteiger partial charge in [-0.1, -0.05) is 270 Å². The SMILES string of the molecule is CCCCCCCCCCCCCCCCCCCCCCCCCC(O)C(CO)NC(=O)CCCCCCC/C=C\CCCCCOC(=O)CCCCCCCCCCCCCCC. The zero-order valence-electron chi connectivity index (χ0n) is 44.0. The summed E-state index contributed by atoms with van der Waals surface area (Å²) < 4.78 is 5.45. The topological polar surface area (TPSA) is 95.9 Å². The molecule has 1 amide bonds. The van der Waals surface area contributed by atoms with Gasteiger partial charge in [-0.15, -0.1) is 0 Å².